The van der Waals surface area contributed by atoms with Crippen LogP contribution < -0.4 is 4.90 Å². The summed E-state index contributed by atoms with van der Waals surface area (Å²) in [5, 5.41) is 8.62. The summed E-state index contributed by atoms with van der Waals surface area (Å²) in [6, 6.07) is 8.72. The van der Waals surface area contributed by atoms with Gasteiger partial charge in [-0.3, -0.25) is 9.69 Å². The minimum absolute atomic E-state index is 0.190. The maximum Gasteiger partial charge on any atom is 0.247 e. The molecule has 0 saturated carbocycles. The predicted molar refractivity (Wildman–Crippen MR) is 108 cm³/mol. The lowest BCUT2D eigenvalue weighted by atomic mass is 10.0. The average molecular weight is 383 g/mol. The van der Waals surface area contributed by atoms with Gasteiger partial charge in [-0.2, -0.15) is 0 Å². The maximum atomic E-state index is 11.5. The Hall–Kier alpha value is -2.41. The van der Waals surface area contributed by atoms with Crippen LogP contribution in [0.15, 0.2) is 28.7 Å². The molecule has 3 heterocycles. The molecule has 0 spiro atoms. The number of piperidine rings is 1. The first kappa shape index (κ1) is 18.9. The van der Waals surface area contributed by atoms with E-state index in [1.165, 1.54) is 0 Å². The molecule has 1 amide bonds. The fourth-order valence-electron chi connectivity index (χ4n) is 4.28. The first-order valence-corrected chi connectivity index (χ1v) is 10.1. The van der Waals surface area contributed by atoms with Crippen LogP contribution in [0.5, 0.6) is 0 Å². The van der Waals surface area contributed by atoms with Gasteiger partial charge in [-0.1, -0.05) is 0 Å². The molecule has 0 bridgehead atoms. The molecule has 1 unspecified atom stereocenters. The second-order valence-electron chi connectivity index (χ2n) is 8.10. The highest BCUT2D eigenvalue weighted by atomic mass is 16.4. The fraction of sp³-hybridized carbons (Fsp3) is 0.571. The molecule has 0 radical (unpaired) electrons. The van der Waals surface area contributed by atoms with Crippen molar-refractivity contribution < 1.29 is 9.21 Å². The Labute approximate surface area is 166 Å². The van der Waals surface area contributed by atoms with E-state index < -0.39 is 0 Å². The van der Waals surface area contributed by atoms with Crippen LogP contribution in [0.2, 0.25) is 0 Å². The van der Waals surface area contributed by atoms with Crippen molar-refractivity contribution in [3.8, 4) is 11.5 Å². The van der Waals surface area contributed by atoms with E-state index in [9.17, 15) is 4.79 Å². The normalized spacial score (nSPS) is 21.2. The van der Waals surface area contributed by atoms with Gasteiger partial charge in [0.15, 0.2) is 0 Å². The lowest BCUT2D eigenvalue weighted by Crippen LogP contribution is -2.45. The Kier molecular flexibility index (Phi) is 5.35. The quantitative estimate of drug-likeness (QED) is 0.809. The van der Waals surface area contributed by atoms with Gasteiger partial charge in [-0.25, -0.2) is 0 Å². The van der Waals surface area contributed by atoms with Gasteiger partial charge in [0, 0.05) is 57.9 Å². The third kappa shape index (κ3) is 3.90. The van der Waals surface area contributed by atoms with Gasteiger partial charge in [-0.05, 0) is 50.1 Å². The molecule has 2 aromatic rings. The van der Waals surface area contributed by atoms with Crippen LogP contribution in [-0.2, 0) is 4.79 Å². The minimum Gasteiger partial charge on any atom is -0.420 e. The number of nitrogens with zero attached hydrogens (tertiary/aromatic N) is 5. The van der Waals surface area contributed by atoms with E-state index in [1.807, 2.05) is 31.1 Å². The summed E-state index contributed by atoms with van der Waals surface area (Å²) in [6.45, 7) is 5.42. The summed E-state index contributed by atoms with van der Waals surface area (Å²) in [7, 11) is 4.05. The number of hydrogen-bond acceptors (Lipinski definition) is 6. The Balaban J connectivity index is 1.37. The van der Waals surface area contributed by atoms with Crippen molar-refractivity contribution in [2.45, 2.75) is 38.1 Å². The van der Waals surface area contributed by atoms with Crippen LogP contribution >= 0.6 is 0 Å². The second kappa shape index (κ2) is 7.91. The SMILES string of the molecule is CC(=O)N1CCC(N2CCC(c3nnc(-c4ccc(N(C)C)cc4)o3)C2)CC1. The van der Waals surface area contributed by atoms with Crippen molar-refractivity contribution in [3.05, 3.63) is 30.2 Å². The molecule has 28 heavy (non-hydrogen) atoms. The van der Waals surface area contributed by atoms with Crippen molar-refractivity contribution in [2.75, 3.05) is 45.2 Å². The van der Waals surface area contributed by atoms with Gasteiger partial charge >= 0.3 is 0 Å². The zero-order valence-corrected chi connectivity index (χ0v) is 17.0. The van der Waals surface area contributed by atoms with Crippen LogP contribution in [-0.4, -0.2) is 72.2 Å². The summed E-state index contributed by atoms with van der Waals surface area (Å²) in [5.41, 5.74) is 2.10. The van der Waals surface area contributed by atoms with Crippen molar-refractivity contribution in [2.24, 2.45) is 0 Å². The third-order valence-electron chi connectivity index (χ3n) is 6.07. The van der Waals surface area contributed by atoms with E-state index in [0.717, 1.165) is 62.6 Å². The summed E-state index contributed by atoms with van der Waals surface area (Å²) >= 11 is 0. The van der Waals surface area contributed by atoms with Crippen LogP contribution in [0.1, 0.15) is 38.0 Å². The largest absolute Gasteiger partial charge is 0.420 e. The topological polar surface area (TPSA) is 65.7 Å². The van der Waals surface area contributed by atoms with Crippen LogP contribution in [0.3, 0.4) is 0 Å². The van der Waals surface area contributed by atoms with Crippen molar-refractivity contribution in [1.82, 2.24) is 20.0 Å². The molecule has 0 aliphatic carbocycles. The van der Waals surface area contributed by atoms with Crippen LogP contribution in [0, 0.1) is 0 Å². The average Bonchev–Trinajstić information content (AvgIpc) is 3.38. The molecule has 7 heteroatoms. The first-order chi connectivity index (χ1) is 13.5. The minimum atomic E-state index is 0.190. The smallest absolute Gasteiger partial charge is 0.247 e. The molecule has 2 saturated heterocycles. The number of anilines is 1. The number of aromatic nitrogens is 2. The molecule has 150 valence electrons. The number of benzene rings is 1. The predicted octanol–water partition coefficient (Wildman–Crippen LogP) is 2.60. The van der Waals surface area contributed by atoms with Crippen molar-refractivity contribution >= 4 is 11.6 Å². The molecule has 1 aromatic carbocycles. The van der Waals surface area contributed by atoms with Gasteiger partial charge in [0.05, 0.1) is 5.92 Å². The van der Waals surface area contributed by atoms with Crippen molar-refractivity contribution in [3.63, 3.8) is 0 Å². The summed E-state index contributed by atoms with van der Waals surface area (Å²) in [4.78, 5) is 18.1. The zero-order valence-electron chi connectivity index (χ0n) is 17.0. The van der Waals surface area contributed by atoms with E-state index in [0.29, 0.717) is 17.9 Å². The van der Waals surface area contributed by atoms with Gasteiger partial charge in [0.25, 0.3) is 0 Å². The number of likely N-dealkylation sites (tertiary alicyclic amines) is 2. The number of amides is 1. The Morgan fingerprint density at radius 1 is 1.07 bits per heavy atom. The lowest BCUT2D eigenvalue weighted by molar-refractivity contribution is -0.130. The van der Waals surface area contributed by atoms with E-state index in [1.54, 1.807) is 6.92 Å². The second-order valence-corrected chi connectivity index (χ2v) is 8.10. The highest BCUT2D eigenvalue weighted by molar-refractivity contribution is 5.73. The zero-order chi connectivity index (χ0) is 19.7. The van der Waals surface area contributed by atoms with Gasteiger partial charge in [0.2, 0.25) is 17.7 Å². The molecule has 7 nitrogen and oxygen atoms in total. The molecule has 2 aliphatic heterocycles. The summed E-state index contributed by atoms with van der Waals surface area (Å²) < 4.78 is 6.02. The summed E-state index contributed by atoms with van der Waals surface area (Å²) in [6.07, 6.45) is 3.16. The first-order valence-electron chi connectivity index (χ1n) is 10.1. The van der Waals surface area contributed by atoms with E-state index in [-0.39, 0.29) is 5.91 Å². The number of carbonyl (C=O) groups excluding carboxylic acids is 1. The van der Waals surface area contributed by atoms with E-state index >= 15 is 0 Å². The number of hydrogen-bond donors (Lipinski definition) is 0. The third-order valence-corrected chi connectivity index (χ3v) is 6.07. The molecule has 0 N–H and O–H groups in total. The Morgan fingerprint density at radius 3 is 2.43 bits per heavy atom. The summed E-state index contributed by atoms with van der Waals surface area (Å²) in [5.74, 6) is 1.83. The number of carbonyl (C=O) groups is 1. The molecular weight excluding hydrogens is 354 g/mol. The molecule has 2 aliphatic rings. The fourth-order valence-corrected chi connectivity index (χ4v) is 4.28. The monoisotopic (exact) mass is 383 g/mol. The number of rotatable bonds is 4. The van der Waals surface area contributed by atoms with Crippen LogP contribution in [0.4, 0.5) is 5.69 Å². The highest BCUT2D eigenvalue weighted by Gasteiger charge is 2.34. The lowest BCUT2D eigenvalue weighted by Gasteiger charge is -2.36. The highest BCUT2D eigenvalue weighted by Crippen LogP contribution is 2.32. The van der Waals surface area contributed by atoms with Gasteiger partial charge in [0.1, 0.15) is 0 Å². The van der Waals surface area contributed by atoms with E-state index in [2.05, 4.69) is 32.1 Å². The maximum absolute atomic E-state index is 11.5. The van der Waals surface area contributed by atoms with Gasteiger partial charge < -0.3 is 14.2 Å². The van der Waals surface area contributed by atoms with Gasteiger partial charge in [-0.15, -0.1) is 10.2 Å². The molecule has 1 atom stereocenters. The Bertz CT molecular complexity index is 808. The standard InChI is InChI=1S/C21H29N5O2/c1-15(27)25-12-9-19(10-13-25)26-11-8-17(14-26)21-23-22-20(28-21)16-4-6-18(7-5-16)24(2)3/h4-7,17,19H,8-14H2,1-3H3. The van der Waals surface area contributed by atoms with Crippen molar-refractivity contribution in [1.29, 1.82) is 0 Å². The van der Waals surface area contributed by atoms with Crippen LogP contribution in [0.25, 0.3) is 11.5 Å². The Morgan fingerprint density at radius 2 is 1.79 bits per heavy atom. The molecular formula is C21H29N5O2. The molecule has 4 rings (SSSR count). The molecule has 2 fully saturated rings. The van der Waals surface area contributed by atoms with E-state index in [4.69, 9.17) is 4.42 Å². The molecule has 1 aromatic heterocycles.